The van der Waals surface area contributed by atoms with E-state index in [1.54, 1.807) is 11.3 Å². The smallest absolute Gasteiger partial charge is 0.166 e. The third kappa shape index (κ3) is 2.06. The van der Waals surface area contributed by atoms with E-state index in [1.165, 1.54) is 5.01 Å². The molecule has 4 heteroatoms. The standard InChI is InChI=1S/C7H9N3S.C2H6/c1-4(2)7-9-6-5(11-7)3-8-10-6;1-2/h3-4H,1-2H3,(H,8,10);1-2H3. The number of nitrogens with one attached hydrogen (secondary N) is 1. The number of hydrogen-bond donors (Lipinski definition) is 1. The van der Waals surface area contributed by atoms with Crippen LogP contribution >= 0.6 is 11.3 Å². The van der Waals surface area contributed by atoms with Crippen LogP contribution in [0.2, 0.25) is 0 Å². The summed E-state index contributed by atoms with van der Waals surface area (Å²) in [6.45, 7) is 8.29. The SMILES string of the molecule is CC.CC(C)c1nc2[nH]ncc2s1. The van der Waals surface area contributed by atoms with Gasteiger partial charge in [0.2, 0.25) is 0 Å². The summed E-state index contributed by atoms with van der Waals surface area (Å²) in [5, 5.41) is 7.90. The Kier molecular flexibility index (Phi) is 3.42. The van der Waals surface area contributed by atoms with E-state index in [9.17, 15) is 0 Å². The molecule has 0 radical (unpaired) electrons. The highest BCUT2D eigenvalue weighted by atomic mass is 32.1. The molecule has 0 saturated carbocycles. The van der Waals surface area contributed by atoms with Crippen molar-refractivity contribution in [2.45, 2.75) is 33.6 Å². The van der Waals surface area contributed by atoms with E-state index in [0.29, 0.717) is 5.92 Å². The van der Waals surface area contributed by atoms with Crippen LogP contribution in [0.3, 0.4) is 0 Å². The second kappa shape index (κ2) is 4.37. The zero-order valence-corrected chi connectivity index (χ0v) is 9.27. The first kappa shape index (κ1) is 10.2. The largest absolute Gasteiger partial charge is 0.260 e. The number of H-pyrrole nitrogens is 1. The van der Waals surface area contributed by atoms with Crippen molar-refractivity contribution in [3.8, 4) is 0 Å². The molecule has 1 N–H and O–H groups in total. The lowest BCUT2D eigenvalue weighted by atomic mass is 10.2. The van der Waals surface area contributed by atoms with Crippen molar-refractivity contribution >= 4 is 21.7 Å². The molecule has 0 aliphatic rings. The average molecular weight is 197 g/mol. The maximum absolute atomic E-state index is 4.37. The molecule has 0 aromatic carbocycles. The minimum Gasteiger partial charge on any atom is -0.260 e. The van der Waals surface area contributed by atoms with Crippen molar-refractivity contribution in [1.29, 1.82) is 0 Å². The number of fused-ring (bicyclic) bond motifs is 1. The lowest BCUT2D eigenvalue weighted by Crippen LogP contribution is -1.83. The second-order valence-corrected chi connectivity index (χ2v) is 3.85. The highest BCUT2D eigenvalue weighted by Crippen LogP contribution is 2.25. The summed E-state index contributed by atoms with van der Waals surface area (Å²) in [6, 6.07) is 0. The van der Waals surface area contributed by atoms with Crippen LogP contribution < -0.4 is 0 Å². The zero-order valence-electron chi connectivity index (χ0n) is 8.46. The predicted octanol–water partition coefficient (Wildman–Crippen LogP) is 3.17. The van der Waals surface area contributed by atoms with Gasteiger partial charge in [-0.15, -0.1) is 11.3 Å². The molecular formula is C9H15N3S. The van der Waals surface area contributed by atoms with Crippen molar-refractivity contribution < 1.29 is 0 Å². The normalized spacial score (nSPS) is 10.2. The van der Waals surface area contributed by atoms with Gasteiger partial charge >= 0.3 is 0 Å². The van der Waals surface area contributed by atoms with Crippen LogP contribution in [0.5, 0.6) is 0 Å². The lowest BCUT2D eigenvalue weighted by molar-refractivity contribution is 0.853. The highest BCUT2D eigenvalue weighted by molar-refractivity contribution is 7.18. The number of hydrogen-bond acceptors (Lipinski definition) is 3. The van der Waals surface area contributed by atoms with Crippen LogP contribution in [-0.2, 0) is 0 Å². The van der Waals surface area contributed by atoms with Crippen molar-refractivity contribution in [2.24, 2.45) is 0 Å². The van der Waals surface area contributed by atoms with Gasteiger partial charge in [-0.3, -0.25) is 5.10 Å². The first-order chi connectivity index (χ1) is 6.27. The van der Waals surface area contributed by atoms with Crippen LogP contribution in [0.15, 0.2) is 6.20 Å². The second-order valence-electron chi connectivity index (χ2n) is 2.79. The zero-order chi connectivity index (χ0) is 9.84. The molecule has 0 spiro atoms. The predicted molar refractivity (Wildman–Crippen MR) is 57.2 cm³/mol. The first-order valence-corrected chi connectivity index (χ1v) is 5.39. The minimum absolute atomic E-state index is 0.515. The third-order valence-electron chi connectivity index (χ3n) is 1.52. The Morgan fingerprint density at radius 2 is 2.08 bits per heavy atom. The molecule has 0 aliphatic carbocycles. The fraction of sp³-hybridized carbons (Fsp3) is 0.556. The molecule has 0 atom stereocenters. The van der Waals surface area contributed by atoms with Gasteiger partial charge < -0.3 is 0 Å². The topological polar surface area (TPSA) is 41.6 Å². The minimum atomic E-state index is 0.515. The maximum Gasteiger partial charge on any atom is 0.166 e. The van der Waals surface area contributed by atoms with Gasteiger partial charge in [0.25, 0.3) is 0 Å². The van der Waals surface area contributed by atoms with Gasteiger partial charge in [-0.25, -0.2) is 4.98 Å². The highest BCUT2D eigenvalue weighted by Gasteiger charge is 2.07. The molecule has 0 aliphatic heterocycles. The number of aromatic amines is 1. The Labute approximate surface area is 82.2 Å². The van der Waals surface area contributed by atoms with E-state index < -0.39 is 0 Å². The molecule has 2 aromatic heterocycles. The summed E-state index contributed by atoms with van der Waals surface area (Å²) in [5.41, 5.74) is 0.915. The van der Waals surface area contributed by atoms with Gasteiger partial charge in [-0.2, -0.15) is 5.10 Å². The fourth-order valence-corrected chi connectivity index (χ4v) is 1.81. The molecular weight excluding hydrogens is 182 g/mol. The van der Waals surface area contributed by atoms with E-state index in [1.807, 2.05) is 20.0 Å². The summed E-state index contributed by atoms with van der Waals surface area (Å²) < 4.78 is 1.15. The Morgan fingerprint density at radius 3 is 2.62 bits per heavy atom. The number of thiazole rings is 1. The monoisotopic (exact) mass is 197 g/mol. The Bertz CT molecular complexity index is 333. The number of nitrogens with zero attached hydrogens (tertiary/aromatic N) is 2. The van der Waals surface area contributed by atoms with Gasteiger partial charge in [0.15, 0.2) is 5.65 Å². The van der Waals surface area contributed by atoms with Gasteiger partial charge in [0, 0.05) is 5.92 Å². The quantitative estimate of drug-likeness (QED) is 0.763. The molecule has 2 heterocycles. The molecule has 0 amide bonds. The van der Waals surface area contributed by atoms with E-state index in [-0.39, 0.29) is 0 Å². The number of rotatable bonds is 1. The van der Waals surface area contributed by atoms with Gasteiger partial charge in [-0.05, 0) is 0 Å². The average Bonchev–Trinajstić information content (AvgIpc) is 2.65. The lowest BCUT2D eigenvalue weighted by Gasteiger charge is -1.94. The van der Waals surface area contributed by atoms with Gasteiger partial charge in [0.05, 0.1) is 15.9 Å². The molecule has 0 fully saturated rings. The van der Waals surface area contributed by atoms with Crippen LogP contribution in [0.25, 0.3) is 10.3 Å². The maximum atomic E-state index is 4.37. The van der Waals surface area contributed by atoms with Crippen LogP contribution in [0, 0.1) is 0 Å². The summed E-state index contributed by atoms with van der Waals surface area (Å²) in [5.74, 6) is 0.515. The van der Waals surface area contributed by atoms with E-state index in [2.05, 4.69) is 29.0 Å². The third-order valence-corrected chi connectivity index (χ3v) is 2.81. The molecule has 13 heavy (non-hydrogen) atoms. The van der Waals surface area contributed by atoms with E-state index in [0.717, 1.165) is 10.3 Å². The Balaban J connectivity index is 0.000000396. The van der Waals surface area contributed by atoms with Crippen molar-refractivity contribution in [2.75, 3.05) is 0 Å². The first-order valence-electron chi connectivity index (χ1n) is 4.57. The molecule has 2 aromatic rings. The van der Waals surface area contributed by atoms with Crippen molar-refractivity contribution in [1.82, 2.24) is 15.2 Å². The van der Waals surface area contributed by atoms with Crippen LogP contribution in [-0.4, -0.2) is 15.2 Å². The molecule has 72 valence electrons. The van der Waals surface area contributed by atoms with Gasteiger partial charge in [-0.1, -0.05) is 27.7 Å². The summed E-state index contributed by atoms with van der Waals surface area (Å²) >= 11 is 1.71. The summed E-state index contributed by atoms with van der Waals surface area (Å²) in [7, 11) is 0. The molecule has 0 unspecified atom stereocenters. The van der Waals surface area contributed by atoms with Crippen molar-refractivity contribution in [3.05, 3.63) is 11.2 Å². The molecule has 0 saturated heterocycles. The fourth-order valence-electron chi connectivity index (χ4n) is 0.916. The molecule has 3 nitrogen and oxygen atoms in total. The molecule has 0 bridgehead atoms. The van der Waals surface area contributed by atoms with Gasteiger partial charge in [0.1, 0.15) is 0 Å². The molecule has 2 rings (SSSR count). The Morgan fingerprint density at radius 1 is 1.38 bits per heavy atom. The van der Waals surface area contributed by atoms with E-state index >= 15 is 0 Å². The Hall–Kier alpha value is -0.900. The summed E-state index contributed by atoms with van der Waals surface area (Å²) in [4.78, 5) is 4.37. The van der Waals surface area contributed by atoms with E-state index in [4.69, 9.17) is 0 Å². The van der Waals surface area contributed by atoms with Crippen molar-refractivity contribution in [3.63, 3.8) is 0 Å². The van der Waals surface area contributed by atoms with Crippen LogP contribution in [0.1, 0.15) is 38.6 Å². The van der Waals surface area contributed by atoms with Crippen LogP contribution in [0.4, 0.5) is 0 Å². The number of aromatic nitrogens is 3. The summed E-state index contributed by atoms with van der Waals surface area (Å²) in [6.07, 6.45) is 1.82.